The van der Waals surface area contributed by atoms with Crippen LogP contribution in [0.4, 0.5) is 0 Å². The maximum absolute atomic E-state index is 12.2. The molecular weight excluding hydrogens is 268 g/mol. The zero-order valence-corrected chi connectivity index (χ0v) is 12.7. The van der Waals surface area contributed by atoms with Gasteiger partial charge in [0.15, 0.2) is 0 Å². The molecule has 0 unspecified atom stereocenters. The van der Waals surface area contributed by atoms with Crippen molar-refractivity contribution in [3.05, 3.63) is 11.6 Å². The molecule has 116 valence electrons. The summed E-state index contributed by atoms with van der Waals surface area (Å²) in [6.45, 7) is 5.56. The minimum Gasteiger partial charge on any atom is -0.339 e. The standard InChI is InChI=1S/C14H24N6O/c1-18(11-14(21)19-8-5-15-6-9-19)10-13-17-16-12-4-2-3-7-20(12)13/h15H,2-11H2,1H3. The Kier molecular flexibility index (Phi) is 4.50. The van der Waals surface area contributed by atoms with Crippen LogP contribution in [0.2, 0.25) is 0 Å². The number of aryl methyl sites for hydroxylation is 1. The lowest BCUT2D eigenvalue weighted by atomic mass is 10.2. The topological polar surface area (TPSA) is 66.3 Å². The van der Waals surface area contributed by atoms with Crippen molar-refractivity contribution in [3.63, 3.8) is 0 Å². The number of carbonyl (C=O) groups is 1. The van der Waals surface area contributed by atoms with Crippen molar-refractivity contribution in [3.8, 4) is 0 Å². The predicted octanol–water partition coefficient (Wildman–Crippen LogP) is -0.522. The summed E-state index contributed by atoms with van der Waals surface area (Å²) in [5, 5.41) is 11.8. The van der Waals surface area contributed by atoms with E-state index in [0.29, 0.717) is 13.1 Å². The first-order valence-electron chi connectivity index (χ1n) is 7.82. The molecule has 1 amide bonds. The highest BCUT2D eigenvalue weighted by atomic mass is 16.2. The van der Waals surface area contributed by atoms with E-state index in [1.54, 1.807) is 0 Å². The highest BCUT2D eigenvalue weighted by Crippen LogP contribution is 2.15. The number of piperazine rings is 1. The van der Waals surface area contributed by atoms with Crippen molar-refractivity contribution < 1.29 is 4.79 Å². The number of hydrogen-bond acceptors (Lipinski definition) is 5. The van der Waals surface area contributed by atoms with Crippen LogP contribution in [0.25, 0.3) is 0 Å². The van der Waals surface area contributed by atoms with Crippen LogP contribution in [0.1, 0.15) is 24.5 Å². The Hall–Kier alpha value is -1.47. The Morgan fingerprint density at radius 3 is 2.86 bits per heavy atom. The molecule has 0 aromatic carbocycles. The minimum atomic E-state index is 0.206. The van der Waals surface area contributed by atoms with E-state index < -0.39 is 0 Å². The van der Waals surface area contributed by atoms with E-state index in [9.17, 15) is 4.79 Å². The van der Waals surface area contributed by atoms with Crippen LogP contribution in [-0.4, -0.2) is 70.2 Å². The Bertz CT molecular complexity index is 494. The monoisotopic (exact) mass is 292 g/mol. The van der Waals surface area contributed by atoms with Crippen molar-refractivity contribution in [2.45, 2.75) is 32.4 Å². The van der Waals surface area contributed by atoms with Gasteiger partial charge in [-0.15, -0.1) is 10.2 Å². The highest BCUT2D eigenvalue weighted by molar-refractivity contribution is 5.78. The number of aromatic nitrogens is 3. The molecule has 2 aliphatic rings. The predicted molar refractivity (Wildman–Crippen MR) is 78.7 cm³/mol. The Balaban J connectivity index is 1.55. The summed E-state index contributed by atoms with van der Waals surface area (Å²) in [6.07, 6.45) is 3.42. The molecule has 1 N–H and O–H groups in total. The maximum atomic E-state index is 12.2. The molecule has 2 aliphatic heterocycles. The number of carbonyl (C=O) groups excluding carboxylic acids is 1. The van der Waals surface area contributed by atoms with Gasteiger partial charge in [-0.2, -0.15) is 0 Å². The molecule has 1 saturated heterocycles. The summed E-state index contributed by atoms with van der Waals surface area (Å²) >= 11 is 0. The molecule has 0 saturated carbocycles. The van der Waals surface area contributed by atoms with E-state index in [1.165, 1.54) is 12.8 Å². The average Bonchev–Trinajstić information content (AvgIpc) is 2.91. The molecule has 1 fully saturated rings. The molecule has 0 spiro atoms. The zero-order chi connectivity index (χ0) is 14.7. The molecule has 0 aliphatic carbocycles. The van der Waals surface area contributed by atoms with Crippen molar-refractivity contribution in [1.29, 1.82) is 0 Å². The quantitative estimate of drug-likeness (QED) is 0.809. The van der Waals surface area contributed by atoms with Gasteiger partial charge < -0.3 is 14.8 Å². The summed E-state index contributed by atoms with van der Waals surface area (Å²) in [4.78, 5) is 16.2. The lowest BCUT2D eigenvalue weighted by molar-refractivity contribution is -0.132. The number of hydrogen-bond donors (Lipinski definition) is 1. The lowest BCUT2D eigenvalue weighted by Gasteiger charge is -2.29. The molecule has 0 atom stereocenters. The Morgan fingerprint density at radius 2 is 2.05 bits per heavy atom. The molecule has 1 aromatic heterocycles. The largest absolute Gasteiger partial charge is 0.339 e. The minimum absolute atomic E-state index is 0.206. The van der Waals surface area contributed by atoms with Gasteiger partial charge in [-0.25, -0.2) is 0 Å². The molecule has 21 heavy (non-hydrogen) atoms. The number of amides is 1. The Labute approximate surface area is 125 Å². The van der Waals surface area contributed by atoms with Gasteiger partial charge in [-0.05, 0) is 19.9 Å². The van der Waals surface area contributed by atoms with Gasteiger partial charge in [0.25, 0.3) is 0 Å². The van der Waals surface area contributed by atoms with Gasteiger partial charge >= 0.3 is 0 Å². The van der Waals surface area contributed by atoms with Gasteiger partial charge in [-0.3, -0.25) is 9.69 Å². The third-order valence-electron chi connectivity index (χ3n) is 4.22. The second-order valence-electron chi connectivity index (χ2n) is 5.94. The number of nitrogens with one attached hydrogen (secondary N) is 1. The van der Waals surface area contributed by atoms with Crippen LogP contribution in [0.3, 0.4) is 0 Å². The van der Waals surface area contributed by atoms with Gasteiger partial charge in [0.2, 0.25) is 5.91 Å². The van der Waals surface area contributed by atoms with E-state index in [4.69, 9.17) is 0 Å². The van der Waals surface area contributed by atoms with Crippen LogP contribution in [0.5, 0.6) is 0 Å². The lowest BCUT2D eigenvalue weighted by Crippen LogP contribution is -2.49. The number of likely N-dealkylation sites (N-methyl/N-ethyl adjacent to an activating group) is 1. The molecule has 0 bridgehead atoms. The van der Waals surface area contributed by atoms with Crippen molar-refractivity contribution in [1.82, 2.24) is 29.9 Å². The molecule has 7 heteroatoms. The number of rotatable bonds is 4. The first-order chi connectivity index (χ1) is 10.2. The zero-order valence-electron chi connectivity index (χ0n) is 12.7. The van der Waals surface area contributed by atoms with E-state index >= 15 is 0 Å². The molecule has 3 heterocycles. The third-order valence-corrected chi connectivity index (χ3v) is 4.22. The van der Waals surface area contributed by atoms with E-state index in [0.717, 1.165) is 50.8 Å². The molecule has 3 rings (SSSR count). The summed E-state index contributed by atoms with van der Waals surface area (Å²) in [7, 11) is 1.98. The van der Waals surface area contributed by atoms with Gasteiger partial charge in [-0.1, -0.05) is 0 Å². The van der Waals surface area contributed by atoms with Crippen LogP contribution < -0.4 is 5.32 Å². The first-order valence-corrected chi connectivity index (χ1v) is 7.82. The molecule has 1 aromatic rings. The normalized spacial score (nSPS) is 18.9. The van der Waals surface area contributed by atoms with Gasteiger partial charge in [0.1, 0.15) is 11.6 Å². The smallest absolute Gasteiger partial charge is 0.236 e. The molecule has 0 radical (unpaired) electrons. The van der Waals surface area contributed by atoms with Crippen molar-refractivity contribution in [2.75, 3.05) is 39.8 Å². The summed E-state index contributed by atoms with van der Waals surface area (Å²) in [5.74, 6) is 2.29. The number of fused-ring (bicyclic) bond motifs is 1. The summed E-state index contributed by atoms with van der Waals surface area (Å²) < 4.78 is 2.22. The van der Waals surface area contributed by atoms with Crippen molar-refractivity contribution >= 4 is 5.91 Å². The van der Waals surface area contributed by atoms with E-state index in [2.05, 4.69) is 20.1 Å². The van der Waals surface area contributed by atoms with Crippen LogP contribution >= 0.6 is 0 Å². The van der Waals surface area contributed by atoms with Crippen molar-refractivity contribution in [2.24, 2.45) is 0 Å². The van der Waals surface area contributed by atoms with Crippen LogP contribution in [-0.2, 0) is 24.3 Å². The second-order valence-corrected chi connectivity index (χ2v) is 5.94. The van der Waals surface area contributed by atoms with Gasteiger partial charge in [0, 0.05) is 39.1 Å². The number of nitrogens with zero attached hydrogens (tertiary/aromatic N) is 5. The fourth-order valence-corrected chi connectivity index (χ4v) is 3.03. The van der Waals surface area contributed by atoms with E-state index in [-0.39, 0.29) is 5.91 Å². The SMILES string of the molecule is CN(CC(=O)N1CCNCC1)Cc1nnc2n1CCCC2. The van der Waals surface area contributed by atoms with Crippen LogP contribution in [0.15, 0.2) is 0 Å². The average molecular weight is 292 g/mol. The summed E-state index contributed by atoms with van der Waals surface area (Å²) in [5.41, 5.74) is 0. The Morgan fingerprint density at radius 1 is 1.24 bits per heavy atom. The second kappa shape index (κ2) is 6.53. The van der Waals surface area contributed by atoms with Gasteiger partial charge in [0.05, 0.1) is 13.1 Å². The first kappa shape index (κ1) is 14.5. The fourth-order valence-electron chi connectivity index (χ4n) is 3.03. The fraction of sp³-hybridized carbons (Fsp3) is 0.786. The van der Waals surface area contributed by atoms with E-state index in [1.807, 2.05) is 16.8 Å². The third kappa shape index (κ3) is 3.41. The molecule has 7 nitrogen and oxygen atoms in total. The molecular formula is C14H24N6O. The maximum Gasteiger partial charge on any atom is 0.236 e. The highest BCUT2D eigenvalue weighted by Gasteiger charge is 2.20. The van der Waals surface area contributed by atoms with Crippen LogP contribution in [0, 0.1) is 0 Å². The summed E-state index contributed by atoms with van der Waals surface area (Å²) in [6, 6.07) is 0.